The van der Waals surface area contributed by atoms with Gasteiger partial charge in [-0.15, -0.1) is 0 Å². The highest BCUT2D eigenvalue weighted by Crippen LogP contribution is 2.53. The van der Waals surface area contributed by atoms with Crippen LogP contribution in [0.3, 0.4) is 0 Å². The van der Waals surface area contributed by atoms with Gasteiger partial charge in [0.25, 0.3) is 0 Å². The molecule has 0 aliphatic heterocycles. The summed E-state index contributed by atoms with van der Waals surface area (Å²) in [5.74, 6) is 1.39. The molecule has 19 heavy (non-hydrogen) atoms. The predicted molar refractivity (Wildman–Crippen MR) is 78.1 cm³/mol. The molecule has 1 aliphatic carbocycles. The van der Waals surface area contributed by atoms with E-state index in [0.29, 0.717) is 17.9 Å². The summed E-state index contributed by atoms with van der Waals surface area (Å²) in [5, 5.41) is 3.46. The van der Waals surface area contributed by atoms with E-state index < -0.39 is 0 Å². The molecule has 3 unspecified atom stereocenters. The average Bonchev–Trinajstić information content (AvgIpc) is 3.23. The zero-order chi connectivity index (χ0) is 13.2. The fourth-order valence-electron chi connectivity index (χ4n) is 2.96. The van der Waals surface area contributed by atoms with Crippen molar-refractivity contribution in [1.29, 1.82) is 0 Å². The Labute approximate surface area is 114 Å². The maximum atomic E-state index is 4.42. The molecular formula is C17H20N2. The summed E-state index contributed by atoms with van der Waals surface area (Å²) in [6.07, 6.45) is 3.28. The van der Waals surface area contributed by atoms with Crippen LogP contribution >= 0.6 is 0 Å². The Hall–Kier alpha value is -1.67. The molecule has 2 heteroatoms. The summed E-state index contributed by atoms with van der Waals surface area (Å²) >= 11 is 0. The van der Waals surface area contributed by atoms with Crippen molar-refractivity contribution in [3.63, 3.8) is 0 Å². The Morgan fingerprint density at radius 2 is 1.95 bits per heavy atom. The van der Waals surface area contributed by atoms with Crippen molar-refractivity contribution in [2.45, 2.75) is 25.3 Å². The second-order valence-corrected chi connectivity index (χ2v) is 5.42. The van der Waals surface area contributed by atoms with E-state index in [9.17, 15) is 0 Å². The molecule has 0 spiro atoms. The fourth-order valence-corrected chi connectivity index (χ4v) is 2.96. The Bertz CT molecular complexity index is 533. The van der Waals surface area contributed by atoms with Crippen molar-refractivity contribution >= 4 is 0 Å². The molecule has 1 aliphatic rings. The maximum absolute atomic E-state index is 4.42. The van der Waals surface area contributed by atoms with Crippen molar-refractivity contribution in [2.24, 2.45) is 5.92 Å². The summed E-state index contributed by atoms with van der Waals surface area (Å²) < 4.78 is 0. The SMILES string of the molecule is CNC(c1ccc(C)nc1)C1CC1c1ccccc1. The number of aryl methyl sites for hydroxylation is 1. The highest BCUT2D eigenvalue weighted by Gasteiger charge is 2.43. The van der Waals surface area contributed by atoms with Gasteiger partial charge in [-0.1, -0.05) is 36.4 Å². The van der Waals surface area contributed by atoms with Crippen LogP contribution in [0, 0.1) is 12.8 Å². The van der Waals surface area contributed by atoms with E-state index in [1.165, 1.54) is 17.5 Å². The van der Waals surface area contributed by atoms with Crippen LogP contribution in [0.1, 0.15) is 35.2 Å². The van der Waals surface area contributed by atoms with Gasteiger partial charge >= 0.3 is 0 Å². The molecule has 1 aromatic heterocycles. The topological polar surface area (TPSA) is 24.9 Å². The molecule has 0 bridgehead atoms. The van der Waals surface area contributed by atoms with Gasteiger partial charge < -0.3 is 5.32 Å². The lowest BCUT2D eigenvalue weighted by Crippen LogP contribution is -2.19. The molecule has 0 saturated heterocycles. The second-order valence-electron chi connectivity index (χ2n) is 5.42. The molecule has 2 nitrogen and oxygen atoms in total. The quantitative estimate of drug-likeness (QED) is 0.901. The number of hydrogen-bond donors (Lipinski definition) is 1. The molecule has 1 heterocycles. The van der Waals surface area contributed by atoms with Crippen LogP contribution in [0.25, 0.3) is 0 Å². The molecule has 0 amide bonds. The first-order valence-electron chi connectivity index (χ1n) is 6.94. The number of nitrogens with zero attached hydrogens (tertiary/aromatic N) is 1. The minimum atomic E-state index is 0.415. The number of hydrogen-bond acceptors (Lipinski definition) is 2. The average molecular weight is 252 g/mol. The molecular weight excluding hydrogens is 232 g/mol. The third-order valence-corrected chi connectivity index (χ3v) is 4.10. The predicted octanol–water partition coefficient (Wildman–Crippen LogP) is 3.45. The van der Waals surface area contributed by atoms with E-state index in [4.69, 9.17) is 0 Å². The van der Waals surface area contributed by atoms with Crippen LogP contribution in [0.15, 0.2) is 48.7 Å². The Morgan fingerprint density at radius 1 is 1.16 bits per heavy atom. The Balaban J connectivity index is 1.77. The molecule has 0 radical (unpaired) electrons. The van der Waals surface area contributed by atoms with E-state index >= 15 is 0 Å². The van der Waals surface area contributed by atoms with Crippen molar-refractivity contribution in [3.8, 4) is 0 Å². The van der Waals surface area contributed by atoms with Crippen LogP contribution in [-0.2, 0) is 0 Å². The maximum Gasteiger partial charge on any atom is 0.0372 e. The first-order chi connectivity index (χ1) is 9.29. The lowest BCUT2D eigenvalue weighted by molar-refractivity contribution is 0.516. The highest BCUT2D eigenvalue weighted by molar-refractivity contribution is 5.30. The Kier molecular flexibility index (Phi) is 3.34. The summed E-state index contributed by atoms with van der Waals surface area (Å²) in [7, 11) is 2.05. The lowest BCUT2D eigenvalue weighted by Gasteiger charge is -2.16. The van der Waals surface area contributed by atoms with Crippen LogP contribution < -0.4 is 5.32 Å². The number of nitrogens with one attached hydrogen (secondary N) is 1. The first kappa shape index (κ1) is 12.4. The van der Waals surface area contributed by atoms with E-state index in [1.54, 1.807) is 0 Å². The van der Waals surface area contributed by atoms with Gasteiger partial charge in [-0.3, -0.25) is 4.98 Å². The summed E-state index contributed by atoms with van der Waals surface area (Å²) in [5.41, 5.74) is 3.85. The summed E-state index contributed by atoms with van der Waals surface area (Å²) in [6, 6.07) is 15.5. The molecule has 1 saturated carbocycles. The monoisotopic (exact) mass is 252 g/mol. The largest absolute Gasteiger partial charge is 0.313 e. The van der Waals surface area contributed by atoms with E-state index in [-0.39, 0.29) is 0 Å². The van der Waals surface area contributed by atoms with Gasteiger partial charge in [0.1, 0.15) is 0 Å². The fraction of sp³-hybridized carbons (Fsp3) is 0.353. The van der Waals surface area contributed by atoms with Crippen LogP contribution in [0.2, 0.25) is 0 Å². The van der Waals surface area contributed by atoms with Crippen molar-refractivity contribution in [1.82, 2.24) is 10.3 Å². The molecule has 2 aromatic rings. The van der Waals surface area contributed by atoms with E-state index in [1.807, 2.05) is 20.2 Å². The molecule has 1 aromatic carbocycles. The molecule has 1 N–H and O–H groups in total. The minimum absolute atomic E-state index is 0.415. The van der Waals surface area contributed by atoms with Crippen LogP contribution in [0.5, 0.6) is 0 Å². The van der Waals surface area contributed by atoms with Crippen molar-refractivity contribution in [2.75, 3.05) is 7.05 Å². The van der Waals surface area contributed by atoms with Gasteiger partial charge in [-0.2, -0.15) is 0 Å². The van der Waals surface area contributed by atoms with Gasteiger partial charge in [0.05, 0.1) is 0 Å². The third-order valence-electron chi connectivity index (χ3n) is 4.10. The Morgan fingerprint density at radius 3 is 2.58 bits per heavy atom. The molecule has 98 valence electrons. The smallest absolute Gasteiger partial charge is 0.0372 e. The second kappa shape index (κ2) is 5.14. The van der Waals surface area contributed by atoms with E-state index in [2.05, 4.69) is 52.8 Å². The van der Waals surface area contributed by atoms with Gasteiger partial charge in [0.15, 0.2) is 0 Å². The van der Waals surface area contributed by atoms with E-state index in [0.717, 1.165) is 5.69 Å². The first-order valence-corrected chi connectivity index (χ1v) is 6.94. The lowest BCUT2D eigenvalue weighted by atomic mass is 10.00. The number of rotatable bonds is 4. The summed E-state index contributed by atoms with van der Waals surface area (Å²) in [6.45, 7) is 2.03. The molecule has 3 rings (SSSR count). The zero-order valence-corrected chi connectivity index (χ0v) is 11.5. The highest BCUT2D eigenvalue weighted by atomic mass is 14.9. The standard InChI is InChI=1S/C17H20N2/c1-12-8-9-14(11-19-12)17(18-2)16-10-15(16)13-6-4-3-5-7-13/h3-9,11,15-18H,10H2,1-2H3. The number of benzene rings is 1. The summed E-state index contributed by atoms with van der Waals surface area (Å²) in [4.78, 5) is 4.42. The van der Waals surface area contributed by atoms with Gasteiger partial charge in [0, 0.05) is 17.9 Å². The van der Waals surface area contributed by atoms with Crippen LogP contribution in [-0.4, -0.2) is 12.0 Å². The van der Waals surface area contributed by atoms with Crippen molar-refractivity contribution in [3.05, 3.63) is 65.5 Å². The van der Waals surface area contributed by atoms with Crippen LogP contribution in [0.4, 0.5) is 0 Å². The normalized spacial score (nSPS) is 23.1. The molecule has 1 fully saturated rings. The number of pyridine rings is 1. The molecule has 3 atom stereocenters. The zero-order valence-electron chi connectivity index (χ0n) is 11.5. The number of aromatic nitrogens is 1. The van der Waals surface area contributed by atoms with Gasteiger partial charge in [-0.05, 0) is 49.4 Å². The van der Waals surface area contributed by atoms with Crippen molar-refractivity contribution < 1.29 is 0 Å². The minimum Gasteiger partial charge on any atom is -0.313 e. The third kappa shape index (κ3) is 2.54. The van der Waals surface area contributed by atoms with Gasteiger partial charge in [0.2, 0.25) is 0 Å². The van der Waals surface area contributed by atoms with Gasteiger partial charge in [-0.25, -0.2) is 0 Å².